The molecule has 0 aromatic heterocycles. The van der Waals surface area contributed by atoms with Crippen LogP contribution >= 0.6 is 0 Å². The first-order valence-corrected chi connectivity index (χ1v) is 6.56. The third-order valence-electron chi connectivity index (χ3n) is 3.76. The monoisotopic (exact) mass is 252 g/mol. The third kappa shape index (κ3) is 2.14. The van der Waals surface area contributed by atoms with Crippen molar-refractivity contribution in [2.24, 2.45) is 0 Å². The Morgan fingerprint density at radius 1 is 1.05 bits per heavy atom. The second kappa shape index (κ2) is 4.88. The van der Waals surface area contributed by atoms with Crippen LogP contribution in [-0.2, 0) is 4.79 Å². The van der Waals surface area contributed by atoms with Crippen molar-refractivity contribution in [3.05, 3.63) is 65.2 Å². The SMILES string of the molecule is Cc1ccccc1C1CC(C=O)Oc2ccccc21. The maximum atomic E-state index is 11.1. The van der Waals surface area contributed by atoms with E-state index >= 15 is 0 Å². The molecule has 1 aliphatic rings. The number of aldehydes is 1. The summed E-state index contributed by atoms with van der Waals surface area (Å²) in [6, 6.07) is 16.4. The molecule has 2 heteroatoms. The topological polar surface area (TPSA) is 26.3 Å². The number of benzene rings is 2. The van der Waals surface area contributed by atoms with Crippen molar-refractivity contribution in [2.75, 3.05) is 0 Å². The molecule has 0 radical (unpaired) electrons. The molecule has 2 aromatic carbocycles. The summed E-state index contributed by atoms with van der Waals surface area (Å²) < 4.78 is 5.70. The van der Waals surface area contributed by atoms with Crippen molar-refractivity contribution in [3.63, 3.8) is 0 Å². The van der Waals surface area contributed by atoms with Crippen LogP contribution in [0.3, 0.4) is 0 Å². The molecule has 0 spiro atoms. The number of ether oxygens (including phenoxy) is 1. The van der Waals surface area contributed by atoms with Crippen molar-refractivity contribution < 1.29 is 9.53 Å². The fourth-order valence-electron chi connectivity index (χ4n) is 2.80. The first-order chi connectivity index (χ1) is 9.29. The van der Waals surface area contributed by atoms with Gasteiger partial charge in [0, 0.05) is 17.9 Å². The van der Waals surface area contributed by atoms with E-state index in [4.69, 9.17) is 4.74 Å². The Morgan fingerprint density at radius 2 is 1.74 bits per heavy atom. The maximum absolute atomic E-state index is 11.1. The van der Waals surface area contributed by atoms with Gasteiger partial charge in [0.15, 0.2) is 12.4 Å². The molecule has 1 aliphatic heterocycles. The third-order valence-corrected chi connectivity index (χ3v) is 3.76. The summed E-state index contributed by atoms with van der Waals surface area (Å²) in [5.41, 5.74) is 3.72. The molecule has 2 unspecified atom stereocenters. The van der Waals surface area contributed by atoms with E-state index in [1.54, 1.807) is 0 Å². The molecule has 19 heavy (non-hydrogen) atoms. The van der Waals surface area contributed by atoms with Gasteiger partial charge >= 0.3 is 0 Å². The highest BCUT2D eigenvalue weighted by Crippen LogP contribution is 2.40. The van der Waals surface area contributed by atoms with Crippen LogP contribution in [-0.4, -0.2) is 12.4 Å². The summed E-state index contributed by atoms with van der Waals surface area (Å²) in [4.78, 5) is 11.1. The van der Waals surface area contributed by atoms with Crippen molar-refractivity contribution in [1.29, 1.82) is 0 Å². The number of rotatable bonds is 2. The smallest absolute Gasteiger partial charge is 0.160 e. The molecule has 1 heterocycles. The van der Waals surface area contributed by atoms with Gasteiger partial charge in [-0.1, -0.05) is 42.5 Å². The minimum atomic E-state index is -0.348. The molecular formula is C17H16O2. The largest absolute Gasteiger partial charge is 0.483 e. The summed E-state index contributed by atoms with van der Waals surface area (Å²) in [6.45, 7) is 2.11. The Bertz CT molecular complexity index is 604. The zero-order chi connectivity index (χ0) is 13.2. The van der Waals surface area contributed by atoms with E-state index in [0.29, 0.717) is 6.42 Å². The lowest BCUT2D eigenvalue weighted by Crippen LogP contribution is -2.27. The van der Waals surface area contributed by atoms with Gasteiger partial charge in [-0.05, 0) is 24.1 Å². The number of carbonyl (C=O) groups is 1. The van der Waals surface area contributed by atoms with Crippen molar-refractivity contribution >= 4 is 6.29 Å². The fourth-order valence-corrected chi connectivity index (χ4v) is 2.80. The molecule has 0 saturated heterocycles. The van der Waals surface area contributed by atoms with Gasteiger partial charge in [-0.3, -0.25) is 4.79 Å². The van der Waals surface area contributed by atoms with Crippen LogP contribution in [0.1, 0.15) is 29.0 Å². The van der Waals surface area contributed by atoms with Crippen molar-refractivity contribution in [1.82, 2.24) is 0 Å². The van der Waals surface area contributed by atoms with E-state index in [1.807, 2.05) is 24.3 Å². The molecule has 2 atom stereocenters. The Morgan fingerprint density at radius 3 is 2.47 bits per heavy atom. The molecule has 0 saturated carbocycles. The Balaban J connectivity index is 2.10. The van der Waals surface area contributed by atoms with Crippen LogP contribution in [0, 0.1) is 6.92 Å². The van der Waals surface area contributed by atoms with Gasteiger partial charge in [0.1, 0.15) is 5.75 Å². The molecule has 0 aliphatic carbocycles. The second-order valence-electron chi connectivity index (χ2n) is 4.98. The summed E-state index contributed by atoms with van der Waals surface area (Å²) in [6.07, 6.45) is 1.27. The quantitative estimate of drug-likeness (QED) is 0.765. The number of hydrogen-bond acceptors (Lipinski definition) is 2. The van der Waals surface area contributed by atoms with Gasteiger partial charge in [-0.25, -0.2) is 0 Å². The lowest BCUT2D eigenvalue weighted by atomic mass is 9.82. The number of carbonyl (C=O) groups excluding carboxylic acids is 1. The minimum absolute atomic E-state index is 0.237. The van der Waals surface area contributed by atoms with Crippen LogP contribution in [0.5, 0.6) is 5.75 Å². The van der Waals surface area contributed by atoms with Crippen LogP contribution in [0.15, 0.2) is 48.5 Å². The highest BCUT2D eigenvalue weighted by Gasteiger charge is 2.29. The zero-order valence-electron chi connectivity index (χ0n) is 10.9. The van der Waals surface area contributed by atoms with E-state index in [9.17, 15) is 4.79 Å². The summed E-state index contributed by atoms with van der Waals surface area (Å²) in [5.74, 6) is 1.07. The summed E-state index contributed by atoms with van der Waals surface area (Å²) in [5, 5.41) is 0. The van der Waals surface area contributed by atoms with Gasteiger partial charge < -0.3 is 4.74 Å². The second-order valence-corrected chi connectivity index (χ2v) is 4.98. The highest BCUT2D eigenvalue weighted by atomic mass is 16.5. The van der Waals surface area contributed by atoms with Crippen LogP contribution < -0.4 is 4.74 Å². The fraction of sp³-hybridized carbons (Fsp3) is 0.235. The van der Waals surface area contributed by atoms with E-state index in [1.165, 1.54) is 16.7 Å². The van der Waals surface area contributed by atoms with E-state index < -0.39 is 0 Å². The van der Waals surface area contributed by atoms with Gasteiger partial charge in [-0.2, -0.15) is 0 Å². The van der Waals surface area contributed by atoms with Crippen LogP contribution in [0.4, 0.5) is 0 Å². The number of para-hydroxylation sites is 1. The van der Waals surface area contributed by atoms with Gasteiger partial charge in [-0.15, -0.1) is 0 Å². The molecule has 2 nitrogen and oxygen atoms in total. The average molecular weight is 252 g/mol. The standard InChI is InChI=1S/C17H16O2/c1-12-6-2-3-7-14(12)16-10-13(11-18)19-17-9-5-4-8-15(16)17/h2-9,11,13,16H,10H2,1H3. The average Bonchev–Trinajstić information content (AvgIpc) is 2.46. The normalized spacial score (nSPS) is 21.3. The molecule has 96 valence electrons. The summed E-state index contributed by atoms with van der Waals surface area (Å²) >= 11 is 0. The maximum Gasteiger partial charge on any atom is 0.160 e. The zero-order valence-corrected chi connectivity index (χ0v) is 10.9. The molecule has 2 aromatic rings. The molecule has 0 fully saturated rings. The van der Waals surface area contributed by atoms with E-state index in [2.05, 4.69) is 31.2 Å². The van der Waals surface area contributed by atoms with Gasteiger partial charge in [0.05, 0.1) is 0 Å². The number of fused-ring (bicyclic) bond motifs is 1. The molecule has 0 amide bonds. The lowest BCUT2D eigenvalue weighted by Gasteiger charge is -2.30. The molecular weight excluding hydrogens is 236 g/mol. The predicted molar refractivity (Wildman–Crippen MR) is 74.6 cm³/mol. The number of aryl methyl sites for hydroxylation is 1. The predicted octanol–water partition coefficient (Wildman–Crippen LogP) is 3.48. The first kappa shape index (κ1) is 12.0. The number of hydrogen-bond donors (Lipinski definition) is 0. The van der Waals surface area contributed by atoms with Crippen LogP contribution in [0.25, 0.3) is 0 Å². The van der Waals surface area contributed by atoms with Crippen molar-refractivity contribution in [2.45, 2.75) is 25.4 Å². The van der Waals surface area contributed by atoms with E-state index in [0.717, 1.165) is 12.0 Å². The van der Waals surface area contributed by atoms with Gasteiger partial charge in [0.2, 0.25) is 0 Å². The Labute approximate surface area is 113 Å². The lowest BCUT2D eigenvalue weighted by molar-refractivity contribution is -0.114. The Kier molecular flexibility index (Phi) is 3.08. The highest BCUT2D eigenvalue weighted by molar-refractivity contribution is 5.60. The van der Waals surface area contributed by atoms with Gasteiger partial charge in [0.25, 0.3) is 0 Å². The van der Waals surface area contributed by atoms with E-state index in [-0.39, 0.29) is 12.0 Å². The summed E-state index contributed by atoms with van der Waals surface area (Å²) in [7, 11) is 0. The van der Waals surface area contributed by atoms with Crippen LogP contribution in [0.2, 0.25) is 0 Å². The molecule has 0 bridgehead atoms. The first-order valence-electron chi connectivity index (χ1n) is 6.56. The molecule has 3 rings (SSSR count). The minimum Gasteiger partial charge on any atom is -0.483 e. The molecule has 0 N–H and O–H groups in total. The van der Waals surface area contributed by atoms with Crippen molar-refractivity contribution in [3.8, 4) is 5.75 Å². The Hall–Kier alpha value is -2.09.